The topological polar surface area (TPSA) is 71.0 Å². The number of anilines is 1. The lowest BCUT2D eigenvalue weighted by atomic mass is 10.2. The standard InChI is InChI=1S/C22H30ClN5O2/c1-4-12-30-19-8-7-16(13-20(19)29-3)14-26-22(24-2)27-17-9-11-28(15-17)21-18(23)6-5-10-25-21/h5-8,10,13,17H,4,9,11-12,14-15H2,1-3H3,(H2,24,26,27). The summed E-state index contributed by atoms with van der Waals surface area (Å²) in [6.07, 6.45) is 3.72. The fraction of sp³-hybridized carbons (Fsp3) is 0.455. The lowest BCUT2D eigenvalue weighted by Crippen LogP contribution is -2.44. The Morgan fingerprint density at radius 3 is 2.93 bits per heavy atom. The predicted molar refractivity (Wildman–Crippen MR) is 122 cm³/mol. The summed E-state index contributed by atoms with van der Waals surface area (Å²) in [6.45, 7) is 5.12. The molecule has 0 spiro atoms. The van der Waals surface area contributed by atoms with Crippen LogP contribution < -0.4 is 25.0 Å². The van der Waals surface area contributed by atoms with E-state index >= 15 is 0 Å². The number of pyridine rings is 1. The van der Waals surface area contributed by atoms with Crippen molar-refractivity contribution in [2.45, 2.75) is 32.4 Å². The first-order valence-electron chi connectivity index (χ1n) is 10.3. The van der Waals surface area contributed by atoms with Gasteiger partial charge in [-0.25, -0.2) is 4.98 Å². The molecule has 30 heavy (non-hydrogen) atoms. The number of nitrogens with one attached hydrogen (secondary N) is 2. The average molecular weight is 432 g/mol. The van der Waals surface area contributed by atoms with Crippen LogP contribution in [0.2, 0.25) is 5.02 Å². The van der Waals surface area contributed by atoms with Gasteiger partial charge in [0.15, 0.2) is 17.5 Å². The quantitative estimate of drug-likeness (QED) is 0.492. The van der Waals surface area contributed by atoms with Crippen molar-refractivity contribution in [3.63, 3.8) is 0 Å². The molecule has 0 bridgehead atoms. The lowest BCUT2D eigenvalue weighted by molar-refractivity contribution is 0.294. The van der Waals surface area contributed by atoms with E-state index in [1.807, 2.05) is 30.3 Å². The summed E-state index contributed by atoms with van der Waals surface area (Å²) in [4.78, 5) is 11.0. The molecule has 1 unspecified atom stereocenters. The highest BCUT2D eigenvalue weighted by Crippen LogP contribution is 2.28. The van der Waals surface area contributed by atoms with Crippen molar-refractivity contribution in [3.05, 3.63) is 47.1 Å². The number of aromatic nitrogens is 1. The zero-order valence-corrected chi connectivity index (χ0v) is 18.6. The number of aliphatic imine (C=N–C) groups is 1. The molecule has 0 aliphatic carbocycles. The van der Waals surface area contributed by atoms with Crippen LogP contribution >= 0.6 is 11.6 Å². The molecule has 3 rings (SSSR count). The van der Waals surface area contributed by atoms with Crippen molar-refractivity contribution in [2.75, 3.05) is 38.8 Å². The Labute approximate surface area is 183 Å². The second-order valence-corrected chi connectivity index (χ2v) is 7.55. The number of nitrogens with zero attached hydrogens (tertiary/aromatic N) is 3. The van der Waals surface area contributed by atoms with Crippen LogP contribution in [0, 0.1) is 0 Å². The maximum absolute atomic E-state index is 6.29. The van der Waals surface area contributed by atoms with Gasteiger partial charge < -0.3 is 25.0 Å². The SMILES string of the molecule is CCCOc1ccc(CNC(=NC)NC2CCN(c3ncccc3Cl)C2)cc1OC. The normalized spacial score (nSPS) is 16.5. The zero-order valence-electron chi connectivity index (χ0n) is 17.8. The number of ether oxygens (including phenoxy) is 2. The Bertz CT molecular complexity index is 861. The van der Waals surface area contributed by atoms with Crippen LogP contribution in [0.5, 0.6) is 11.5 Å². The van der Waals surface area contributed by atoms with E-state index in [2.05, 4.69) is 32.4 Å². The summed E-state index contributed by atoms with van der Waals surface area (Å²) in [7, 11) is 3.44. The number of methoxy groups -OCH3 is 1. The Morgan fingerprint density at radius 1 is 1.33 bits per heavy atom. The summed E-state index contributed by atoms with van der Waals surface area (Å²) >= 11 is 6.29. The monoisotopic (exact) mass is 431 g/mol. The van der Waals surface area contributed by atoms with Gasteiger partial charge in [-0.05, 0) is 42.7 Å². The fourth-order valence-corrected chi connectivity index (χ4v) is 3.65. The van der Waals surface area contributed by atoms with Crippen LogP contribution in [0.15, 0.2) is 41.5 Å². The van der Waals surface area contributed by atoms with Gasteiger partial charge in [-0.15, -0.1) is 0 Å². The molecule has 0 amide bonds. The smallest absolute Gasteiger partial charge is 0.191 e. The Morgan fingerprint density at radius 2 is 2.20 bits per heavy atom. The van der Waals surface area contributed by atoms with Gasteiger partial charge >= 0.3 is 0 Å². The van der Waals surface area contributed by atoms with E-state index in [1.165, 1.54) is 0 Å². The molecular weight excluding hydrogens is 402 g/mol. The van der Waals surface area contributed by atoms with Crippen LogP contribution in [0.25, 0.3) is 0 Å². The fourth-order valence-electron chi connectivity index (χ4n) is 3.41. The first-order chi connectivity index (χ1) is 14.6. The van der Waals surface area contributed by atoms with E-state index in [4.69, 9.17) is 21.1 Å². The third-order valence-electron chi connectivity index (χ3n) is 4.94. The molecule has 0 radical (unpaired) electrons. The summed E-state index contributed by atoms with van der Waals surface area (Å²) in [5.74, 6) is 3.11. The Hall–Kier alpha value is -2.67. The Balaban J connectivity index is 1.53. The zero-order chi connectivity index (χ0) is 21.3. The first-order valence-corrected chi connectivity index (χ1v) is 10.6. The second-order valence-electron chi connectivity index (χ2n) is 7.14. The van der Waals surface area contributed by atoms with Crippen LogP contribution in [-0.2, 0) is 6.54 Å². The van der Waals surface area contributed by atoms with Gasteiger partial charge in [0, 0.05) is 38.9 Å². The molecule has 2 N–H and O–H groups in total. The van der Waals surface area contributed by atoms with Crippen LogP contribution in [0.4, 0.5) is 5.82 Å². The molecule has 1 fully saturated rings. The molecule has 1 aromatic heterocycles. The van der Waals surface area contributed by atoms with E-state index in [0.717, 1.165) is 54.8 Å². The molecular formula is C22H30ClN5O2. The summed E-state index contributed by atoms with van der Waals surface area (Å²) in [5, 5.41) is 7.55. The van der Waals surface area contributed by atoms with Crippen molar-refractivity contribution in [1.82, 2.24) is 15.6 Å². The maximum atomic E-state index is 6.29. The van der Waals surface area contributed by atoms with Crippen molar-refractivity contribution < 1.29 is 9.47 Å². The predicted octanol–water partition coefficient (Wildman–Crippen LogP) is 3.48. The number of rotatable bonds is 8. The highest BCUT2D eigenvalue weighted by atomic mass is 35.5. The third-order valence-corrected chi connectivity index (χ3v) is 5.24. The van der Waals surface area contributed by atoms with Crippen molar-refractivity contribution in [3.8, 4) is 11.5 Å². The van der Waals surface area contributed by atoms with Crippen LogP contribution in [0.1, 0.15) is 25.3 Å². The highest BCUT2D eigenvalue weighted by Gasteiger charge is 2.25. The maximum Gasteiger partial charge on any atom is 0.191 e. The molecule has 1 aliphatic heterocycles. The highest BCUT2D eigenvalue weighted by molar-refractivity contribution is 6.32. The van der Waals surface area contributed by atoms with Gasteiger partial charge in [-0.1, -0.05) is 24.6 Å². The van der Waals surface area contributed by atoms with Gasteiger partial charge in [0.2, 0.25) is 0 Å². The average Bonchev–Trinajstić information content (AvgIpc) is 3.23. The second kappa shape index (κ2) is 10.9. The Kier molecular flexibility index (Phi) is 8.02. The molecule has 7 nitrogen and oxygen atoms in total. The molecule has 1 atom stereocenters. The number of benzene rings is 1. The van der Waals surface area contributed by atoms with Crippen LogP contribution in [0.3, 0.4) is 0 Å². The van der Waals surface area contributed by atoms with Gasteiger partial charge in [0.05, 0.1) is 18.7 Å². The molecule has 0 saturated carbocycles. The molecule has 1 saturated heterocycles. The largest absolute Gasteiger partial charge is 0.493 e. The number of hydrogen-bond donors (Lipinski definition) is 2. The van der Waals surface area contributed by atoms with Crippen molar-refractivity contribution >= 4 is 23.4 Å². The first kappa shape index (κ1) is 22.0. The minimum absolute atomic E-state index is 0.272. The summed E-state index contributed by atoms with van der Waals surface area (Å²) < 4.78 is 11.2. The summed E-state index contributed by atoms with van der Waals surface area (Å²) in [5.41, 5.74) is 1.09. The minimum atomic E-state index is 0.272. The number of guanidine groups is 1. The molecule has 2 aromatic rings. The molecule has 1 aromatic carbocycles. The molecule has 162 valence electrons. The molecule has 2 heterocycles. The van der Waals surface area contributed by atoms with E-state index in [1.54, 1.807) is 20.4 Å². The number of hydrogen-bond acceptors (Lipinski definition) is 5. The van der Waals surface area contributed by atoms with Gasteiger partial charge in [-0.3, -0.25) is 4.99 Å². The van der Waals surface area contributed by atoms with Crippen molar-refractivity contribution in [2.24, 2.45) is 4.99 Å². The van der Waals surface area contributed by atoms with E-state index in [-0.39, 0.29) is 6.04 Å². The molecule has 8 heteroatoms. The minimum Gasteiger partial charge on any atom is -0.493 e. The lowest BCUT2D eigenvalue weighted by Gasteiger charge is -2.20. The van der Waals surface area contributed by atoms with Gasteiger partial charge in [0.1, 0.15) is 5.82 Å². The van der Waals surface area contributed by atoms with E-state index < -0.39 is 0 Å². The van der Waals surface area contributed by atoms with Gasteiger partial charge in [0.25, 0.3) is 0 Å². The van der Waals surface area contributed by atoms with Crippen LogP contribution in [-0.4, -0.2) is 50.8 Å². The van der Waals surface area contributed by atoms with E-state index in [9.17, 15) is 0 Å². The summed E-state index contributed by atoms with van der Waals surface area (Å²) in [6, 6.07) is 9.97. The third kappa shape index (κ3) is 5.69. The van der Waals surface area contributed by atoms with Gasteiger partial charge in [-0.2, -0.15) is 0 Å². The van der Waals surface area contributed by atoms with E-state index in [0.29, 0.717) is 18.2 Å². The van der Waals surface area contributed by atoms with Crippen molar-refractivity contribution in [1.29, 1.82) is 0 Å². The number of halogens is 1. The molecule has 1 aliphatic rings.